The van der Waals surface area contributed by atoms with Crippen LogP contribution >= 0.6 is 11.3 Å². The lowest BCUT2D eigenvalue weighted by Crippen LogP contribution is -2.25. The molecule has 2 aromatic heterocycles. The highest BCUT2D eigenvalue weighted by atomic mass is 32.1. The number of fused-ring (bicyclic) bond motifs is 1. The Hall–Kier alpha value is -1.79. The first-order chi connectivity index (χ1) is 11.2. The molecule has 1 amide bonds. The van der Waals surface area contributed by atoms with Gasteiger partial charge in [-0.05, 0) is 44.2 Å². The second-order valence-electron chi connectivity index (χ2n) is 5.65. The number of nitrogens with one attached hydrogen (secondary N) is 1. The van der Waals surface area contributed by atoms with Crippen molar-refractivity contribution in [2.24, 2.45) is 0 Å². The van der Waals surface area contributed by atoms with Gasteiger partial charge in [0.15, 0.2) is 0 Å². The van der Waals surface area contributed by atoms with Crippen molar-refractivity contribution in [1.29, 1.82) is 0 Å². The fourth-order valence-electron chi connectivity index (χ4n) is 2.93. The van der Waals surface area contributed by atoms with Crippen LogP contribution in [0.5, 0.6) is 5.75 Å². The fraction of sp³-hybridized carbons (Fsp3) is 0.471. The third-order valence-corrected chi connectivity index (χ3v) is 5.38. The predicted octanol–water partition coefficient (Wildman–Crippen LogP) is 3.08. The van der Waals surface area contributed by atoms with Gasteiger partial charge in [0.1, 0.15) is 22.5 Å². The SMILES string of the molecule is COc1c(C(=O)NCCC(O)c2ccco2)sc2c1CCCC2. The van der Waals surface area contributed by atoms with E-state index in [4.69, 9.17) is 9.15 Å². The van der Waals surface area contributed by atoms with Crippen LogP contribution in [-0.4, -0.2) is 24.7 Å². The van der Waals surface area contributed by atoms with E-state index < -0.39 is 6.10 Å². The van der Waals surface area contributed by atoms with Crippen LogP contribution in [0.4, 0.5) is 0 Å². The number of aliphatic hydroxyl groups excluding tert-OH is 1. The summed E-state index contributed by atoms with van der Waals surface area (Å²) in [5.41, 5.74) is 1.20. The molecule has 2 aromatic rings. The summed E-state index contributed by atoms with van der Waals surface area (Å²) in [5.74, 6) is 1.12. The van der Waals surface area contributed by atoms with Gasteiger partial charge in [0.05, 0.1) is 13.4 Å². The van der Waals surface area contributed by atoms with E-state index in [0.29, 0.717) is 23.6 Å². The first-order valence-electron chi connectivity index (χ1n) is 7.89. The van der Waals surface area contributed by atoms with Crippen LogP contribution in [0.15, 0.2) is 22.8 Å². The number of furan rings is 1. The molecule has 23 heavy (non-hydrogen) atoms. The van der Waals surface area contributed by atoms with Gasteiger partial charge in [-0.3, -0.25) is 4.79 Å². The summed E-state index contributed by atoms with van der Waals surface area (Å²) in [7, 11) is 1.62. The molecule has 124 valence electrons. The summed E-state index contributed by atoms with van der Waals surface area (Å²) in [5, 5.41) is 12.8. The average Bonchev–Trinajstić information content (AvgIpc) is 3.21. The van der Waals surface area contributed by atoms with Crippen LogP contribution in [0, 0.1) is 0 Å². The Kier molecular flexibility index (Phi) is 5.03. The Morgan fingerprint density at radius 1 is 1.48 bits per heavy atom. The van der Waals surface area contributed by atoms with Gasteiger partial charge >= 0.3 is 0 Å². The summed E-state index contributed by atoms with van der Waals surface area (Å²) >= 11 is 1.53. The van der Waals surface area contributed by atoms with Crippen LogP contribution in [0.25, 0.3) is 0 Å². The third kappa shape index (κ3) is 3.43. The minimum Gasteiger partial charge on any atom is -0.495 e. The summed E-state index contributed by atoms with van der Waals surface area (Å²) in [6, 6.07) is 3.46. The molecule has 1 aliphatic rings. The van der Waals surface area contributed by atoms with Gasteiger partial charge < -0.3 is 19.6 Å². The molecule has 1 aliphatic carbocycles. The van der Waals surface area contributed by atoms with Gasteiger partial charge in [0.25, 0.3) is 5.91 Å². The van der Waals surface area contributed by atoms with E-state index in [0.717, 1.165) is 25.0 Å². The number of thiophene rings is 1. The van der Waals surface area contributed by atoms with E-state index in [9.17, 15) is 9.90 Å². The van der Waals surface area contributed by atoms with Crippen LogP contribution in [0.2, 0.25) is 0 Å². The van der Waals surface area contributed by atoms with Gasteiger partial charge in [-0.25, -0.2) is 0 Å². The van der Waals surface area contributed by atoms with Crippen LogP contribution in [-0.2, 0) is 12.8 Å². The number of ether oxygens (including phenoxy) is 1. The van der Waals surface area contributed by atoms with Gasteiger partial charge in [-0.2, -0.15) is 0 Å². The highest BCUT2D eigenvalue weighted by Gasteiger charge is 2.25. The molecule has 0 aromatic carbocycles. The van der Waals surface area contributed by atoms with E-state index in [-0.39, 0.29) is 5.91 Å². The van der Waals surface area contributed by atoms with E-state index in [2.05, 4.69) is 5.32 Å². The van der Waals surface area contributed by atoms with Crippen molar-refractivity contribution in [2.45, 2.75) is 38.2 Å². The molecular formula is C17H21NO4S. The summed E-state index contributed by atoms with van der Waals surface area (Å²) in [6.07, 6.45) is 5.57. The lowest BCUT2D eigenvalue weighted by molar-refractivity contribution is 0.0937. The first kappa shape index (κ1) is 16.1. The molecule has 2 heterocycles. The minimum absolute atomic E-state index is 0.132. The molecule has 0 aliphatic heterocycles. The molecule has 5 nitrogen and oxygen atoms in total. The van der Waals surface area contributed by atoms with Crippen molar-refractivity contribution in [3.05, 3.63) is 39.5 Å². The normalized spacial score (nSPS) is 15.0. The topological polar surface area (TPSA) is 71.7 Å². The second kappa shape index (κ2) is 7.19. The first-order valence-corrected chi connectivity index (χ1v) is 8.70. The summed E-state index contributed by atoms with van der Waals surface area (Å²) in [4.78, 5) is 14.3. The number of rotatable bonds is 6. The number of aliphatic hydroxyl groups is 1. The molecule has 0 saturated heterocycles. The van der Waals surface area contributed by atoms with E-state index in [1.54, 1.807) is 19.2 Å². The van der Waals surface area contributed by atoms with E-state index in [1.165, 1.54) is 34.5 Å². The zero-order valence-electron chi connectivity index (χ0n) is 13.1. The molecule has 0 bridgehead atoms. The van der Waals surface area contributed by atoms with E-state index in [1.807, 2.05) is 0 Å². The maximum absolute atomic E-state index is 12.4. The highest BCUT2D eigenvalue weighted by molar-refractivity contribution is 7.14. The van der Waals surface area contributed by atoms with Crippen molar-refractivity contribution in [1.82, 2.24) is 5.32 Å². The lowest BCUT2D eigenvalue weighted by atomic mass is 9.98. The molecule has 0 saturated carbocycles. The molecule has 0 spiro atoms. The standard InChI is InChI=1S/C17H21NO4S/c1-21-15-11-5-2-3-7-14(11)23-16(15)17(20)18-9-8-12(19)13-6-4-10-22-13/h4,6,10,12,19H,2-3,5,7-9H2,1H3,(H,18,20). The molecule has 1 unspecified atom stereocenters. The Balaban J connectivity index is 1.61. The Bertz CT molecular complexity index is 662. The molecule has 3 rings (SSSR count). The number of aryl methyl sites for hydroxylation is 1. The minimum atomic E-state index is -0.705. The van der Waals surface area contributed by atoms with Gasteiger partial charge in [-0.15, -0.1) is 11.3 Å². The predicted molar refractivity (Wildman–Crippen MR) is 88.1 cm³/mol. The number of hydrogen-bond donors (Lipinski definition) is 2. The molecule has 0 fully saturated rings. The van der Waals surface area contributed by atoms with Gasteiger partial charge in [-0.1, -0.05) is 0 Å². The smallest absolute Gasteiger partial charge is 0.265 e. The molecule has 0 radical (unpaired) electrons. The van der Waals surface area contributed by atoms with Crippen molar-refractivity contribution in [3.8, 4) is 5.75 Å². The number of hydrogen-bond acceptors (Lipinski definition) is 5. The number of amides is 1. The van der Waals surface area contributed by atoms with Crippen LogP contribution in [0.1, 0.15) is 51.2 Å². The van der Waals surface area contributed by atoms with Crippen molar-refractivity contribution < 1.29 is 19.1 Å². The summed E-state index contributed by atoms with van der Waals surface area (Å²) in [6.45, 7) is 0.381. The number of carbonyl (C=O) groups excluding carboxylic acids is 1. The number of methoxy groups -OCH3 is 1. The average molecular weight is 335 g/mol. The largest absolute Gasteiger partial charge is 0.495 e. The Labute approximate surface area is 139 Å². The van der Waals surface area contributed by atoms with Crippen LogP contribution in [0.3, 0.4) is 0 Å². The molecule has 6 heteroatoms. The lowest BCUT2D eigenvalue weighted by Gasteiger charge is -2.12. The quantitative estimate of drug-likeness (QED) is 0.851. The second-order valence-corrected chi connectivity index (χ2v) is 6.75. The Morgan fingerprint density at radius 3 is 3.04 bits per heavy atom. The van der Waals surface area contributed by atoms with Crippen molar-refractivity contribution >= 4 is 17.2 Å². The molecule has 2 N–H and O–H groups in total. The molecule has 1 atom stereocenters. The Morgan fingerprint density at radius 2 is 2.30 bits per heavy atom. The van der Waals surface area contributed by atoms with E-state index >= 15 is 0 Å². The van der Waals surface area contributed by atoms with Gasteiger partial charge in [0, 0.05) is 17.0 Å². The van der Waals surface area contributed by atoms with Gasteiger partial charge in [0.2, 0.25) is 0 Å². The van der Waals surface area contributed by atoms with Crippen LogP contribution < -0.4 is 10.1 Å². The highest BCUT2D eigenvalue weighted by Crippen LogP contribution is 2.39. The fourth-order valence-corrected chi connectivity index (χ4v) is 4.20. The summed E-state index contributed by atoms with van der Waals surface area (Å²) < 4.78 is 10.6. The number of carbonyl (C=O) groups is 1. The maximum atomic E-state index is 12.4. The molecular weight excluding hydrogens is 314 g/mol. The maximum Gasteiger partial charge on any atom is 0.265 e. The van der Waals surface area contributed by atoms with Crippen molar-refractivity contribution in [3.63, 3.8) is 0 Å². The monoisotopic (exact) mass is 335 g/mol. The van der Waals surface area contributed by atoms with Crippen molar-refractivity contribution in [2.75, 3.05) is 13.7 Å². The zero-order valence-corrected chi connectivity index (χ0v) is 13.9. The third-order valence-electron chi connectivity index (χ3n) is 4.11. The zero-order chi connectivity index (χ0) is 16.2.